The molecular formula is C12H17Cl2N3O2S. The number of likely N-dealkylation sites (tertiary alicyclic amines) is 1. The van der Waals surface area contributed by atoms with Gasteiger partial charge in [0.25, 0.3) is 0 Å². The number of aromatic nitrogens is 1. The molecule has 1 aromatic heterocycles. The molecule has 0 unspecified atom stereocenters. The molecule has 2 rings (SSSR count). The van der Waals surface area contributed by atoms with Gasteiger partial charge in [-0.05, 0) is 32.0 Å². The van der Waals surface area contributed by atoms with E-state index in [1.165, 1.54) is 31.5 Å². The molecule has 5 nitrogen and oxygen atoms in total. The Kier molecular flexibility index (Phi) is 5.63. The minimum atomic E-state index is -3.58. The van der Waals surface area contributed by atoms with E-state index >= 15 is 0 Å². The Labute approximate surface area is 129 Å². The average Bonchev–Trinajstić information content (AvgIpc) is 2.43. The second-order valence-electron chi connectivity index (χ2n) is 4.74. The van der Waals surface area contributed by atoms with Gasteiger partial charge in [0.2, 0.25) is 10.0 Å². The molecule has 1 aliphatic rings. The number of nitrogens with one attached hydrogen (secondary N) is 1. The van der Waals surface area contributed by atoms with Crippen molar-refractivity contribution < 1.29 is 8.42 Å². The van der Waals surface area contributed by atoms with Crippen molar-refractivity contribution in [3.05, 3.63) is 22.4 Å². The fourth-order valence-corrected chi connectivity index (χ4v) is 3.48. The Morgan fingerprint density at radius 2 is 1.95 bits per heavy atom. The number of piperidine rings is 1. The van der Waals surface area contributed by atoms with E-state index in [2.05, 4.69) is 14.6 Å². The van der Waals surface area contributed by atoms with E-state index < -0.39 is 10.0 Å². The zero-order valence-electron chi connectivity index (χ0n) is 11.0. The van der Waals surface area contributed by atoms with Crippen LogP contribution < -0.4 is 4.72 Å². The van der Waals surface area contributed by atoms with Gasteiger partial charge in [0.1, 0.15) is 10.0 Å². The average molecular weight is 338 g/mol. The van der Waals surface area contributed by atoms with E-state index in [9.17, 15) is 8.42 Å². The predicted octanol–water partition coefficient (Wildman–Crippen LogP) is 2.15. The molecule has 20 heavy (non-hydrogen) atoms. The molecule has 0 atom stereocenters. The molecule has 8 heteroatoms. The maximum absolute atomic E-state index is 12.1. The number of hydrogen-bond donors (Lipinski definition) is 1. The molecule has 1 aromatic rings. The van der Waals surface area contributed by atoms with E-state index in [1.54, 1.807) is 0 Å². The lowest BCUT2D eigenvalue weighted by molar-refractivity contribution is 0.233. The molecular weight excluding hydrogens is 321 g/mol. The Morgan fingerprint density at radius 3 is 2.60 bits per heavy atom. The van der Waals surface area contributed by atoms with Crippen molar-refractivity contribution in [1.82, 2.24) is 14.6 Å². The number of rotatable bonds is 5. The third-order valence-electron chi connectivity index (χ3n) is 3.25. The van der Waals surface area contributed by atoms with E-state index in [-0.39, 0.29) is 15.1 Å². The Hall–Kier alpha value is -0.400. The summed E-state index contributed by atoms with van der Waals surface area (Å²) >= 11 is 11.5. The van der Waals surface area contributed by atoms with Crippen molar-refractivity contribution in [3.8, 4) is 0 Å². The lowest BCUT2D eigenvalue weighted by atomic mass is 10.1. The highest BCUT2D eigenvalue weighted by atomic mass is 35.5. The topological polar surface area (TPSA) is 62.3 Å². The van der Waals surface area contributed by atoms with Crippen LogP contribution >= 0.6 is 23.2 Å². The lowest BCUT2D eigenvalue weighted by Crippen LogP contribution is -2.37. The van der Waals surface area contributed by atoms with Crippen LogP contribution in [0.4, 0.5) is 0 Å². The highest BCUT2D eigenvalue weighted by Gasteiger charge is 2.17. The fraction of sp³-hybridized carbons (Fsp3) is 0.583. The SMILES string of the molecule is O=S(=O)(NCCN1CCCCC1)c1cnc(Cl)c(Cl)c1. The van der Waals surface area contributed by atoms with E-state index in [4.69, 9.17) is 23.2 Å². The van der Waals surface area contributed by atoms with Crippen molar-refractivity contribution in [2.75, 3.05) is 26.2 Å². The number of pyridine rings is 1. The van der Waals surface area contributed by atoms with Gasteiger partial charge in [-0.3, -0.25) is 0 Å². The first-order chi connectivity index (χ1) is 9.49. The molecule has 0 spiro atoms. The van der Waals surface area contributed by atoms with Gasteiger partial charge in [0, 0.05) is 19.3 Å². The molecule has 1 aliphatic heterocycles. The summed E-state index contributed by atoms with van der Waals surface area (Å²) in [5.74, 6) is 0. The van der Waals surface area contributed by atoms with Gasteiger partial charge in [-0.2, -0.15) is 0 Å². The monoisotopic (exact) mass is 337 g/mol. The number of sulfonamides is 1. The van der Waals surface area contributed by atoms with Gasteiger partial charge < -0.3 is 4.90 Å². The minimum Gasteiger partial charge on any atom is -0.302 e. The molecule has 0 aromatic carbocycles. The van der Waals surface area contributed by atoms with Crippen molar-refractivity contribution >= 4 is 33.2 Å². The van der Waals surface area contributed by atoms with Gasteiger partial charge >= 0.3 is 0 Å². The van der Waals surface area contributed by atoms with Crippen LogP contribution in [0.5, 0.6) is 0 Å². The standard InChI is InChI=1S/C12H17Cl2N3O2S/c13-11-8-10(9-15-12(11)14)20(18,19)16-4-7-17-5-2-1-3-6-17/h8-9,16H,1-7H2. The summed E-state index contributed by atoms with van der Waals surface area (Å²) in [7, 11) is -3.58. The molecule has 1 saturated heterocycles. The third-order valence-corrected chi connectivity index (χ3v) is 5.36. The number of hydrogen-bond acceptors (Lipinski definition) is 4. The Bertz CT molecular complexity index is 560. The second kappa shape index (κ2) is 7.04. The van der Waals surface area contributed by atoms with Crippen LogP contribution in [0.2, 0.25) is 10.2 Å². The highest BCUT2D eigenvalue weighted by Crippen LogP contribution is 2.21. The van der Waals surface area contributed by atoms with Crippen LogP contribution in [0.25, 0.3) is 0 Å². The van der Waals surface area contributed by atoms with Crippen LogP contribution in [0.3, 0.4) is 0 Å². The predicted molar refractivity (Wildman–Crippen MR) is 79.7 cm³/mol. The van der Waals surface area contributed by atoms with Crippen LogP contribution in [0.15, 0.2) is 17.2 Å². The summed E-state index contributed by atoms with van der Waals surface area (Å²) in [6, 6.07) is 1.31. The number of nitrogens with zero attached hydrogens (tertiary/aromatic N) is 2. The van der Waals surface area contributed by atoms with Gasteiger partial charge in [-0.25, -0.2) is 18.1 Å². The van der Waals surface area contributed by atoms with Crippen LogP contribution in [-0.4, -0.2) is 44.5 Å². The Morgan fingerprint density at radius 1 is 1.25 bits per heavy atom. The summed E-state index contributed by atoms with van der Waals surface area (Å²) in [5, 5.41) is 0.226. The van der Waals surface area contributed by atoms with E-state index in [0.717, 1.165) is 13.1 Å². The molecule has 2 heterocycles. The van der Waals surface area contributed by atoms with Gasteiger partial charge in [-0.15, -0.1) is 0 Å². The van der Waals surface area contributed by atoms with Crippen molar-refractivity contribution in [3.63, 3.8) is 0 Å². The molecule has 112 valence electrons. The molecule has 1 fully saturated rings. The van der Waals surface area contributed by atoms with Crippen molar-refractivity contribution in [2.45, 2.75) is 24.2 Å². The molecule has 1 N–H and O–H groups in total. The third kappa shape index (κ3) is 4.30. The van der Waals surface area contributed by atoms with Gasteiger partial charge in [0.15, 0.2) is 0 Å². The fourth-order valence-electron chi connectivity index (χ4n) is 2.16. The van der Waals surface area contributed by atoms with Crippen LogP contribution in [0.1, 0.15) is 19.3 Å². The zero-order valence-corrected chi connectivity index (χ0v) is 13.3. The van der Waals surface area contributed by atoms with Crippen molar-refractivity contribution in [2.24, 2.45) is 0 Å². The minimum absolute atomic E-state index is 0.0329. The molecule has 0 saturated carbocycles. The smallest absolute Gasteiger partial charge is 0.242 e. The largest absolute Gasteiger partial charge is 0.302 e. The van der Waals surface area contributed by atoms with Gasteiger partial charge in [-0.1, -0.05) is 29.6 Å². The molecule has 0 bridgehead atoms. The first-order valence-electron chi connectivity index (χ1n) is 6.52. The normalized spacial score (nSPS) is 17.3. The molecule has 0 radical (unpaired) electrons. The summed E-state index contributed by atoms with van der Waals surface area (Å²) in [5.41, 5.74) is 0. The first-order valence-corrected chi connectivity index (χ1v) is 8.76. The molecule has 0 amide bonds. The Balaban J connectivity index is 1.91. The quantitative estimate of drug-likeness (QED) is 0.836. The van der Waals surface area contributed by atoms with Gasteiger partial charge in [0.05, 0.1) is 5.02 Å². The maximum Gasteiger partial charge on any atom is 0.242 e. The first kappa shape index (κ1) is 16.0. The highest BCUT2D eigenvalue weighted by molar-refractivity contribution is 7.89. The zero-order chi connectivity index (χ0) is 14.6. The summed E-state index contributed by atoms with van der Waals surface area (Å²) in [6.45, 7) is 3.17. The maximum atomic E-state index is 12.1. The summed E-state index contributed by atoms with van der Waals surface area (Å²) in [6.07, 6.45) is 4.83. The van der Waals surface area contributed by atoms with Crippen LogP contribution in [0, 0.1) is 0 Å². The lowest BCUT2D eigenvalue weighted by Gasteiger charge is -2.26. The van der Waals surface area contributed by atoms with E-state index in [1.807, 2.05) is 0 Å². The number of halogens is 2. The summed E-state index contributed by atoms with van der Waals surface area (Å²) in [4.78, 5) is 6.04. The second-order valence-corrected chi connectivity index (χ2v) is 7.28. The van der Waals surface area contributed by atoms with E-state index in [0.29, 0.717) is 13.1 Å². The summed E-state index contributed by atoms with van der Waals surface area (Å²) < 4.78 is 26.7. The van der Waals surface area contributed by atoms with Crippen molar-refractivity contribution in [1.29, 1.82) is 0 Å². The molecule has 0 aliphatic carbocycles. The van der Waals surface area contributed by atoms with Crippen LogP contribution in [-0.2, 0) is 10.0 Å².